The van der Waals surface area contributed by atoms with E-state index in [4.69, 9.17) is 32.7 Å². The number of carbonyl (C=O) groups is 5. The summed E-state index contributed by atoms with van der Waals surface area (Å²) in [5, 5.41) is 23.5. The SMILES string of the molecule is CCCCOP(C)(=O)O[C@@H]1CC[C@@H](C[C@@H](C)[C@@H]2CC(=O)[C@H](C)/C=C(\C)[C@@H](O)[C@@H](OC)C(=O)[C@H](C)C[C@H](C)/C=C/C=C/C=C(\C)[C@@H](OC)CC3CC[C@@H](C)[C@@](O)(O3)C(=O)C(=O)N3CCCCC3C(=O)O2)C[C@H]1OC. The second-order valence-corrected chi connectivity index (χ2v) is 23.6. The predicted octanol–water partition coefficient (Wildman–Crippen LogP) is 8.84. The summed E-state index contributed by atoms with van der Waals surface area (Å²) in [6, 6.07) is -1.17. The first kappa shape index (κ1) is 62.4. The first-order chi connectivity index (χ1) is 34.5. The molecule has 0 aromatic rings. The number of aliphatic hydroxyl groups excluding tert-OH is 1. The fraction of sp³-hybridized carbons (Fsp3) is 0.768. The summed E-state index contributed by atoms with van der Waals surface area (Å²) < 4.78 is 54.7. The number of esters is 1. The van der Waals surface area contributed by atoms with E-state index in [1.807, 2.05) is 65.0 Å². The molecule has 16 nitrogen and oxygen atoms in total. The number of ether oxygens (including phenoxy) is 5. The Kier molecular flexibility index (Phi) is 25.1. The number of cyclic esters (lactones) is 1. The number of Topliss-reactive ketones (excluding diaryl/α,β-unsaturated/α-hetero) is 3. The highest BCUT2D eigenvalue weighted by Crippen LogP contribution is 2.49. The normalized spacial score (nSPS) is 38.2. The van der Waals surface area contributed by atoms with Crippen LogP contribution in [0.1, 0.15) is 145 Å². The molecule has 0 aromatic heterocycles. The molecule has 0 radical (unpaired) electrons. The van der Waals surface area contributed by atoms with E-state index < -0.39 is 103 Å². The fourth-order valence-corrected chi connectivity index (χ4v) is 12.1. The Morgan fingerprint density at radius 2 is 1.60 bits per heavy atom. The number of hydrogen-bond acceptors (Lipinski definition) is 15. The number of rotatable bonds is 12. The van der Waals surface area contributed by atoms with Gasteiger partial charge in [0.05, 0.1) is 31.0 Å². The van der Waals surface area contributed by atoms with Crippen LogP contribution in [0.3, 0.4) is 0 Å². The second-order valence-electron chi connectivity index (χ2n) is 21.6. The molecular weight excluding hydrogens is 958 g/mol. The third-order valence-electron chi connectivity index (χ3n) is 15.6. The van der Waals surface area contributed by atoms with Crippen LogP contribution in [0.4, 0.5) is 0 Å². The summed E-state index contributed by atoms with van der Waals surface area (Å²) in [6.45, 7) is 16.5. The van der Waals surface area contributed by atoms with Crippen LogP contribution in [-0.4, -0.2) is 140 Å². The topological polar surface area (TPSA) is 211 Å². The number of methoxy groups -OCH3 is 3. The molecule has 3 aliphatic heterocycles. The number of hydrogen-bond donors (Lipinski definition) is 2. The van der Waals surface area contributed by atoms with E-state index in [2.05, 4.69) is 0 Å². The van der Waals surface area contributed by atoms with Crippen LogP contribution in [0, 0.1) is 35.5 Å². The fourth-order valence-electron chi connectivity index (χ4n) is 10.9. The molecule has 73 heavy (non-hydrogen) atoms. The van der Waals surface area contributed by atoms with Gasteiger partial charge in [0.15, 0.2) is 5.78 Å². The zero-order chi connectivity index (χ0) is 54.2. The highest BCUT2D eigenvalue weighted by atomic mass is 31.2. The van der Waals surface area contributed by atoms with Crippen molar-refractivity contribution in [1.29, 1.82) is 0 Å². The smallest absolute Gasteiger partial charge is 0.329 e. The molecule has 2 N–H and O–H groups in total. The van der Waals surface area contributed by atoms with Crippen molar-refractivity contribution in [3.8, 4) is 0 Å². The van der Waals surface area contributed by atoms with E-state index in [9.17, 15) is 38.8 Å². The zero-order valence-corrected chi connectivity index (χ0v) is 46.9. The lowest BCUT2D eigenvalue weighted by Gasteiger charge is -2.42. The molecule has 4 aliphatic rings. The number of aliphatic hydroxyl groups is 2. The largest absolute Gasteiger partial charge is 0.460 e. The van der Waals surface area contributed by atoms with Crippen LogP contribution in [0.25, 0.3) is 0 Å². The lowest BCUT2D eigenvalue weighted by molar-refractivity contribution is -0.265. The van der Waals surface area contributed by atoms with Gasteiger partial charge in [-0.2, -0.15) is 0 Å². The molecular formula is C56H90NO15P. The molecule has 1 saturated carbocycles. The molecule has 0 aromatic carbocycles. The first-order valence-corrected chi connectivity index (χ1v) is 28.9. The summed E-state index contributed by atoms with van der Waals surface area (Å²) >= 11 is 0. The summed E-state index contributed by atoms with van der Waals surface area (Å²) in [5.74, 6) is -8.25. The number of nitrogens with zero attached hydrogens (tertiary/aromatic N) is 1. The number of allylic oxidation sites excluding steroid dienone is 6. The van der Waals surface area contributed by atoms with Gasteiger partial charge in [0.2, 0.25) is 5.79 Å². The van der Waals surface area contributed by atoms with E-state index in [0.29, 0.717) is 76.4 Å². The van der Waals surface area contributed by atoms with E-state index in [-0.39, 0.29) is 42.8 Å². The summed E-state index contributed by atoms with van der Waals surface area (Å²) in [5.41, 5.74) is 1.25. The Morgan fingerprint density at radius 3 is 2.27 bits per heavy atom. The standard InChI is InChI=1S/C56H90NO15P/c1-13-14-28-69-73(12,65)72-46-26-24-42(32-49(46)67-10)31-38(5)48-34-45(58)37(4)30-40(7)51(60)52(68-11)50(59)39(6)29-35(2)20-16-15-17-21-36(3)47(66-9)33-43-25-23-41(8)56(64,71-43)53(61)54(62)57-27-19-18-22-44(57)55(63)70-48/h15-17,20-21,30,35,37-39,41-44,46-49,51-52,60,64H,13-14,18-19,22-29,31-34H2,1-12H3/b17-15+,20-16+,36-21+,40-30+/t35-,37-,38-,39-,41-,42+,43?,44?,46-,47+,48+,49-,51-,52+,56-,73?/m1/s1. The second kappa shape index (κ2) is 29.4. The van der Waals surface area contributed by atoms with Crippen molar-refractivity contribution in [3.05, 3.63) is 47.6 Å². The van der Waals surface area contributed by atoms with Crippen molar-refractivity contribution in [2.75, 3.05) is 41.1 Å². The molecule has 16 atom stereocenters. The third-order valence-corrected chi connectivity index (χ3v) is 16.9. The quantitative estimate of drug-likeness (QED) is 0.0615. The third kappa shape index (κ3) is 17.7. The van der Waals surface area contributed by atoms with Crippen molar-refractivity contribution in [2.24, 2.45) is 35.5 Å². The molecule has 1 aliphatic carbocycles. The van der Waals surface area contributed by atoms with Crippen LogP contribution >= 0.6 is 7.60 Å². The molecule has 4 rings (SSSR count). The van der Waals surface area contributed by atoms with Gasteiger partial charge >= 0.3 is 13.6 Å². The highest BCUT2D eigenvalue weighted by molar-refractivity contribution is 7.53. The Hall–Kier alpha value is -3.18. The minimum absolute atomic E-state index is 0.00627. The van der Waals surface area contributed by atoms with E-state index >= 15 is 0 Å². The number of piperidine rings is 1. The maximum Gasteiger partial charge on any atom is 0.329 e. The zero-order valence-electron chi connectivity index (χ0n) is 46.0. The van der Waals surface area contributed by atoms with Crippen LogP contribution in [0.15, 0.2) is 47.6 Å². The van der Waals surface area contributed by atoms with Gasteiger partial charge in [-0.1, -0.05) is 84.4 Å². The number of amides is 1. The van der Waals surface area contributed by atoms with Crippen molar-refractivity contribution >= 4 is 36.8 Å². The van der Waals surface area contributed by atoms with E-state index in [0.717, 1.165) is 18.4 Å². The van der Waals surface area contributed by atoms with Gasteiger partial charge < -0.3 is 47.8 Å². The molecule has 3 fully saturated rings. The number of fused-ring (bicyclic) bond motifs is 3. The minimum Gasteiger partial charge on any atom is -0.460 e. The van der Waals surface area contributed by atoms with Gasteiger partial charge in [-0.25, -0.2) is 4.79 Å². The molecule has 1 amide bonds. The van der Waals surface area contributed by atoms with Crippen molar-refractivity contribution in [3.63, 3.8) is 0 Å². The minimum atomic E-state index is -3.35. The Morgan fingerprint density at radius 1 is 0.877 bits per heavy atom. The van der Waals surface area contributed by atoms with Crippen molar-refractivity contribution < 1.29 is 71.5 Å². The van der Waals surface area contributed by atoms with Gasteiger partial charge in [-0.15, -0.1) is 0 Å². The molecule has 2 saturated heterocycles. The average Bonchev–Trinajstić information content (AvgIpc) is 3.35. The van der Waals surface area contributed by atoms with E-state index in [1.165, 1.54) is 18.7 Å². The number of ketones is 3. The maximum absolute atomic E-state index is 14.6. The van der Waals surface area contributed by atoms with Crippen LogP contribution < -0.4 is 0 Å². The molecule has 2 bridgehead atoms. The molecule has 414 valence electrons. The van der Waals surface area contributed by atoms with Gasteiger partial charge in [-0.3, -0.25) is 23.7 Å². The Bertz CT molecular complexity index is 2020. The first-order valence-electron chi connectivity index (χ1n) is 26.9. The Labute approximate surface area is 435 Å². The summed E-state index contributed by atoms with van der Waals surface area (Å²) in [6.07, 6.45) is 12.5. The summed E-state index contributed by atoms with van der Waals surface area (Å²) in [7, 11) is 1.19. The van der Waals surface area contributed by atoms with Gasteiger partial charge in [0.25, 0.3) is 11.7 Å². The number of unbranched alkanes of at least 4 members (excludes halogenated alkanes) is 1. The highest BCUT2D eigenvalue weighted by Gasteiger charge is 2.53. The lowest BCUT2D eigenvalue weighted by Crippen LogP contribution is -2.61. The van der Waals surface area contributed by atoms with Gasteiger partial charge in [0, 0.05) is 65.1 Å². The maximum atomic E-state index is 14.6. The monoisotopic (exact) mass is 1050 g/mol. The van der Waals surface area contributed by atoms with E-state index in [1.54, 1.807) is 41.1 Å². The van der Waals surface area contributed by atoms with Crippen LogP contribution in [-0.2, 0) is 61.3 Å². The molecule has 0 spiro atoms. The summed E-state index contributed by atoms with van der Waals surface area (Å²) in [4.78, 5) is 72.5. The average molecular weight is 1050 g/mol. The Balaban J connectivity index is 1.68. The molecule has 3 unspecified atom stereocenters. The van der Waals surface area contributed by atoms with Crippen molar-refractivity contribution in [2.45, 2.75) is 200 Å². The van der Waals surface area contributed by atoms with Gasteiger partial charge in [0.1, 0.15) is 30.1 Å². The van der Waals surface area contributed by atoms with Crippen LogP contribution in [0.5, 0.6) is 0 Å². The number of carbonyl (C=O) groups excluding carboxylic acids is 5. The van der Waals surface area contributed by atoms with Crippen molar-refractivity contribution in [1.82, 2.24) is 4.90 Å². The van der Waals surface area contributed by atoms with Gasteiger partial charge in [-0.05, 0) is 113 Å². The molecule has 17 heteroatoms. The lowest BCUT2D eigenvalue weighted by atomic mass is 9.78. The molecule has 3 heterocycles. The van der Waals surface area contributed by atoms with Crippen LogP contribution in [0.2, 0.25) is 0 Å². The predicted molar refractivity (Wildman–Crippen MR) is 278 cm³/mol.